The molecule has 0 bridgehead atoms. The fraction of sp³-hybridized carbons (Fsp3) is 0.273. The predicted octanol–water partition coefficient (Wildman–Crippen LogP) is 3.39. The highest BCUT2D eigenvalue weighted by atomic mass is 35.5. The van der Waals surface area contributed by atoms with Crippen molar-refractivity contribution in [3.8, 4) is 11.4 Å². The second kappa shape index (κ2) is 4.22. The number of benzene rings is 1. The minimum atomic E-state index is -0.376. The zero-order valence-corrected chi connectivity index (χ0v) is 9.72. The maximum absolute atomic E-state index is 13.5. The summed E-state index contributed by atoms with van der Waals surface area (Å²) >= 11 is 5.80. The van der Waals surface area contributed by atoms with Crippen molar-refractivity contribution in [3.63, 3.8) is 0 Å². The summed E-state index contributed by atoms with van der Waals surface area (Å²) in [5, 5.41) is 7.22. The second-order valence-corrected chi connectivity index (χ2v) is 4.26. The molecular weight excluding hydrogens is 229 g/mol. The molecular formula is C11H11ClFN3. The number of aromatic nitrogens is 3. The summed E-state index contributed by atoms with van der Waals surface area (Å²) in [7, 11) is 0. The summed E-state index contributed by atoms with van der Waals surface area (Å²) in [5.41, 5.74) is 0.315. The van der Waals surface area contributed by atoms with Gasteiger partial charge in [0, 0.05) is 10.9 Å². The Kier molecular flexibility index (Phi) is 2.92. The van der Waals surface area contributed by atoms with Gasteiger partial charge in [0.2, 0.25) is 0 Å². The lowest BCUT2D eigenvalue weighted by Gasteiger charge is -1.98. The van der Waals surface area contributed by atoms with Crippen molar-refractivity contribution in [1.29, 1.82) is 0 Å². The Hall–Kier alpha value is -1.42. The van der Waals surface area contributed by atoms with Crippen LogP contribution in [0.1, 0.15) is 25.6 Å². The number of aromatic amines is 1. The van der Waals surface area contributed by atoms with Gasteiger partial charge in [-0.25, -0.2) is 9.37 Å². The highest BCUT2D eigenvalue weighted by Gasteiger charge is 2.12. The van der Waals surface area contributed by atoms with E-state index >= 15 is 0 Å². The second-order valence-electron chi connectivity index (χ2n) is 3.82. The average molecular weight is 240 g/mol. The molecule has 16 heavy (non-hydrogen) atoms. The summed E-state index contributed by atoms with van der Waals surface area (Å²) in [4.78, 5) is 4.22. The summed E-state index contributed by atoms with van der Waals surface area (Å²) in [6, 6.07) is 4.32. The summed E-state index contributed by atoms with van der Waals surface area (Å²) in [5.74, 6) is 0.917. The maximum atomic E-state index is 13.5. The van der Waals surface area contributed by atoms with Crippen molar-refractivity contribution < 1.29 is 4.39 Å². The molecule has 84 valence electrons. The van der Waals surface area contributed by atoms with Gasteiger partial charge in [0.15, 0.2) is 5.82 Å². The molecule has 1 heterocycles. The molecule has 1 aromatic heterocycles. The topological polar surface area (TPSA) is 41.6 Å². The van der Waals surface area contributed by atoms with E-state index < -0.39 is 0 Å². The molecule has 0 spiro atoms. The highest BCUT2D eigenvalue weighted by Crippen LogP contribution is 2.24. The quantitative estimate of drug-likeness (QED) is 0.873. The Labute approximate surface area is 97.7 Å². The minimum absolute atomic E-state index is 0.225. The largest absolute Gasteiger partial charge is 0.262 e. The van der Waals surface area contributed by atoms with Crippen molar-refractivity contribution in [3.05, 3.63) is 34.9 Å². The van der Waals surface area contributed by atoms with E-state index in [4.69, 9.17) is 11.6 Å². The first-order chi connectivity index (χ1) is 7.58. The van der Waals surface area contributed by atoms with E-state index in [0.29, 0.717) is 16.4 Å². The predicted molar refractivity (Wildman–Crippen MR) is 60.9 cm³/mol. The van der Waals surface area contributed by atoms with Gasteiger partial charge in [0.25, 0.3) is 0 Å². The Bertz CT molecular complexity index is 508. The summed E-state index contributed by atoms with van der Waals surface area (Å²) < 4.78 is 13.5. The maximum Gasteiger partial charge on any atom is 0.184 e. The normalized spacial score (nSPS) is 11.1. The third-order valence-electron chi connectivity index (χ3n) is 2.22. The van der Waals surface area contributed by atoms with Gasteiger partial charge >= 0.3 is 0 Å². The van der Waals surface area contributed by atoms with Crippen molar-refractivity contribution >= 4 is 11.6 Å². The van der Waals surface area contributed by atoms with E-state index in [1.54, 1.807) is 0 Å². The number of hydrogen-bond acceptors (Lipinski definition) is 2. The molecule has 1 aromatic carbocycles. The van der Waals surface area contributed by atoms with Crippen LogP contribution in [0.3, 0.4) is 0 Å². The Morgan fingerprint density at radius 2 is 2.12 bits per heavy atom. The molecule has 3 nitrogen and oxygen atoms in total. The van der Waals surface area contributed by atoms with E-state index in [1.165, 1.54) is 18.2 Å². The molecule has 0 radical (unpaired) electrons. The van der Waals surface area contributed by atoms with Crippen molar-refractivity contribution in [2.75, 3.05) is 0 Å². The van der Waals surface area contributed by atoms with Gasteiger partial charge in [-0.1, -0.05) is 25.4 Å². The third-order valence-corrected chi connectivity index (χ3v) is 2.45. The molecule has 0 aliphatic rings. The van der Waals surface area contributed by atoms with E-state index in [2.05, 4.69) is 15.2 Å². The molecule has 5 heteroatoms. The van der Waals surface area contributed by atoms with Crippen molar-refractivity contribution in [2.45, 2.75) is 19.8 Å². The number of nitrogens with one attached hydrogen (secondary N) is 1. The van der Waals surface area contributed by atoms with Gasteiger partial charge in [-0.05, 0) is 18.2 Å². The van der Waals surface area contributed by atoms with Gasteiger partial charge in [-0.15, -0.1) is 0 Å². The van der Waals surface area contributed by atoms with E-state index in [1.807, 2.05) is 13.8 Å². The fourth-order valence-corrected chi connectivity index (χ4v) is 1.49. The monoisotopic (exact) mass is 239 g/mol. The lowest BCUT2D eigenvalue weighted by molar-refractivity contribution is 0.630. The van der Waals surface area contributed by atoms with E-state index in [-0.39, 0.29) is 11.7 Å². The molecule has 0 saturated carbocycles. The van der Waals surface area contributed by atoms with Crippen LogP contribution in [0.5, 0.6) is 0 Å². The van der Waals surface area contributed by atoms with Crippen LogP contribution in [0.25, 0.3) is 11.4 Å². The SMILES string of the molecule is CC(C)c1nc(-c2cc(Cl)ccc2F)n[nH]1. The first-order valence-corrected chi connectivity index (χ1v) is 5.33. The molecule has 2 rings (SSSR count). The number of halogens is 2. The Morgan fingerprint density at radius 3 is 2.75 bits per heavy atom. The molecule has 0 unspecified atom stereocenters. The molecule has 1 N–H and O–H groups in total. The molecule has 2 aromatic rings. The molecule has 0 aliphatic heterocycles. The average Bonchev–Trinajstić information content (AvgIpc) is 2.70. The molecule has 0 amide bonds. The molecule has 0 aliphatic carbocycles. The smallest absolute Gasteiger partial charge is 0.184 e. The van der Waals surface area contributed by atoms with E-state index in [9.17, 15) is 4.39 Å². The minimum Gasteiger partial charge on any atom is -0.262 e. The van der Waals surface area contributed by atoms with E-state index in [0.717, 1.165) is 5.82 Å². The highest BCUT2D eigenvalue weighted by molar-refractivity contribution is 6.30. The van der Waals surface area contributed by atoms with Gasteiger partial charge < -0.3 is 0 Å². The van der Waals surface area contributed by atoms with Crippen LogP contribution in [0, 0.1) is 5.82 Å². The van der Waals surface area contributed by atoms with Gasteiger partial charge in [-0.2, -0.15) is 5.10 Å². The van der Waals surface area contributed by atoms with Crippen LogP contribution < -0.4 is 0 Å². The van der Waals surface area contributed by atoms with Crippen LogP contribution >= 0.6 is 11.6 Å². The molecule has 0 fully saturated rings. The van der Waals surface area contributed by atoms with Crippen LogP contribution in [-0.4, -0.2) is 15.2 Å². The van der Waals surface area contributed by atoms with Crippen LogP contribution in [0.4, 0.5) is 4.39 Å². The number of H-pyrrole nitrogens is 1. The Balaban J connectivity index is 2.46. The van der Waals surface area contributed by atoms with Crippen LogP contribution in [-0.2, 0) is 0 Å². The zero-order valence-electron chi connectivity index (χ0n) is 8.96. The molecule has 0 saturated heterocycles. The van der Waals surface area contributed by atoms with Crippen LogP contribution in [0.2, 0.25) is 5.02 Å². The fourth-order valence-electron chi connectivity index (χ4n) is 1.32. The lowest BCUT2D eigenvalue weighted by Crippen LogP contribution is -1.90. The number of nitrogens with zero attached hydrogens (tertiary/aromatic N) is 2. The van der Waals surface area contributed by atoms with Gasteiger partial charge in [0.1, 0.15) is 11.6 Å². The van der Waals surface area contributed by atoms with Gasteiger partial charge in [-0.3, -0.25) is 5.10 Å². The van der Waals surface area contributed by atoms with Crippen LogP contribution in [0.15, 0.2) is 18.2 Å². The van der Waals surface area contributed by atoms with Crippen molar-refractivity contribution in [1.82, 2.24) is 15.2 Å². The lowest BCUT2D eigenvalue weighted by atomic mass is 10.2. The first kappa shape index (κ1) is 11.1. The molecule has 0 atom stereocenters. The number of hydrogen-bond donors (Lipinski definition) is 1. The van der Waals surface area contributed by atoms with Gasteiger partial charge in [0.05, 0.1) is 5.56 Å². The summed E-state index contributed by atoms with van der Waals surface area (Å²) in [6.07, 6.45) is 0. The standard InChI is InChI=1S/C11H11ClFN3/c1-6(2)10-14-11(16-15-10)8-5-7(12)3-4-9(8)13/h3-6H,1-2H3,(H,14,15,16). The van der Waals surface area contributed by atoms with Crippen molar-refractivity contribution in [2.24, 2.45) is 0 Å². The first-order valence-electron chi connectivity index (χ1n) is 4.95. The zero-order chi connectivity index (χ0) is 11.7. The summed E-state index contributed by atoms with van der Waals surface area (Å²) in [6.45, 7) is 3.97. The Morgan fingerprint density at radius 1 is 1.38 bits per heavy atom. The third kappa shape index (κ3) is 2.07. The number of rotatable bonds is 2.